The van der Waals surface area contributed by atoms with Crippen molar-refractivity contribution in [2.45, 2.75) is 50.7 Å². The average Bonchev–Trinajstić information content (AvgIpc) is 2.92. The number of nitrogens with zero attached hydrogens (tertiary/aromatic N) is 3. The van der Waals surface area contributed by atoms with Crippen LogP contribution in [0, 0.1) is 11.3 Å². The molecule has 1 fully saturated rings. The van der Waals surface area contributed by atoms with Gasteiger partial charge in [-0.1, -0.05) is 0 Å². The zero-order chi connectivity index (χ0) is 11.4. The first kappa shape index (κ1) is 11.2. The fourth-order valence-corrected chi connectivity index (χ4v) is 1.87. The molecule has 4 nitrogen and oxygen atoms in total. The van der Waals surface area contributed by atoms with Gasteiger partial charge in [0.2, 0.25) is 0 Å². The third kappa shape index (κ3) is 3.07. The van der Waals surface area contributed by atoms with Gasteiger partial charge in [-0.15, -0.1) is 0 Å². The minimum Gasteiger partial charge on any atom is -0.297 e. The van der Waals surface area contributed by atoms with Crippen molar-refractivity contribution in [1.29, 1.82) is 5.26 Å². The SMILES string of the molecule is CC(C#N)(CCCn1cccn1)NC1CC1. The Morgan fingerprint density at radius 3 is 3.00 bits per heavy atom. The number of aromatic nitrogens is 2. The van der Waals surface area contributed by atoms with Crippen LogP contribution in [0.5, 0.6) is 0 Å². The number of nitrogens with one attached hydrogen (secondary N) is 1. The second kappa shape index (κ2) is 4.67. The van der Waals surface area contributed by atoms with Crippen molar-refractivity contribution in [3.8, 4) is 6.07 Å². The molecule has 0 bridgehead atoms. The van der Waals surface area contributed by atoms with Gasteiger partial charge in [-0.25, -0.2) is 0 Å². The zero-order valence-electron chi connectivity index (χ0n) is 9.69. The molecule has 1 atom stereocenters. The smallest absolute Gasteiger partial charge is 0.104 e. The molecule has 0 aliphatic heterocycles. The van der Waals surface area contributed by atoms with Crippen molar-refractivity contribution < 1.29 is 0 Å². The molecule has 1 heterocycles. The first-order valence-electron chi connectivity index (χ1n) is 5.88. The normalized spacial score (nSPS) is 19.0. The lowest BCUT2D eigenvalue weighted by molar-refractivity contribution is 0.386. The van der Waals surface area contributed by atoms with Crippen molar-refractivity contribution in [2.24, 2.45) is 0 Å². The van der Waals surface area contributed by atoms with E-state index in [-0.39, 0.29) is 5.54 Å². The van der Waals surface area contributed by atoms with Crippen LogP contribution in [0.3, 0.4) is 0 Å². The molecule has 1 aliphatic carbocycles. The van der Waals surface area contributed by atoms with Crippen molar-refractivity contribution >= 4 is 0 Å². The molecule has 2 rings (SSSR count). The van der Waals surface area contributed by atoms with Crippen molar-refractivity contribution in [2.75, 3.05) is 0 Å². The molecule has 0 radical (unpaired) electrons. The van der Waals surface area contributed by atoms with Crippen LogP contribution in [0.4, 0.5) is 0 Å². The molecular formula is C12H18N4. The lowest BCUT2D eigenvalue weighted by Gasteiger charge is -2.23. The molecule has 1 N–H and O–H groups in total. The van der Waals surface area contributed by atoms with Gasteiger partial charge in [0.1, 0.15) is 5.54 Å². The molecule has 0 aromatic carbocycles. The van der Waals surface area contributed by atoms with Gasteiger partial charge in [-0.05, 0) is 38.7 Å². The summed E-state index contributed by atoms with van der Waals surface area (Å²) in [6, 6.07) is 4.89. The molecule has 0 spiro atoms. The van der Waals surface area contributed by atoms with Gasteiger partial charge in [-0.3, -0.25) is 10.00 Å². The van der Waals surface area contributed by atoms with Gasteiger partial charge in [0, 0.05) is 25.0 Å². The number of hydrogen-bond donors (Lipinski definition) is 1. The molecule has 1 saturated carbocycles. The first-order valence-corrected chi connectivity index (χ1v) is 5.88. The third-order valence-corrected chi connectivity index (χ3v) is 2.97. The minimum absolute atomic E-state index is 0.367. The van der Waals surface area contributed by atoms with Crippen LogP contribution in [0.1, 0.15) is 32.6 Å². The highest BCUT2D eigenvalue weighted by Crippen LogP contribution is 2.24. The topological polar surface area (TPSA) is 53.6 Å². The van der Waals surface area contributed by atoms with Crippen LogP contribution < -0.4 is 5.32 Å². The molecule has 1 aromatic rings. The summed E-state index contributed by atoms with van der Waals surface area (Å²) < 4.78 is 1.91. The Balaban J connectivity index is 1.76. The van der Waals surface area contributed by atoms with E-state index in [1.165, 1.54) is 12.8 Å². The fraction of sp³-hybridized carbons (Fsp3) is 0.667. The Labute approximate surface area is 96.3 Å². The van der Waals surface area contributed by atoms with E-state index < -0.39 is 0 Å². The Bertz CT molecular complexity index is 361. The zero-order valence-corrected chi connectivity index (χ0v) is 9.69. The number of nitriles is 1. The van der Waals surface area contributed by atoms with E-state index in [1.807, 2.05) is 23.9 Å². The fourth-order valence-electron chi connectivity index (χ4n) is 1.87. The summed E-state index contributed by atoms with van der Waals surface area (Å²) in [5, 5.41) is 16.7. The Kier molecular flexibility index (Phi) is 3.25. The van der Waals surface area contributed by atoms with Crippen molar-refractivity contribution in [3.63, 3.8) is 0 Å². The van der Waals surface area contributed by atoms with Gasteiger partial charge in [0.25, 0.3) is 0 Å². The Hall–Kier alpha value is -1.34. The van der Waals surface area contributed by atoms with Gasteiger partial charge in [0.05, 0.1) is 6.07 Å². The van der Waals surface area contributed by atoms with Crippen LogP contribution in [0.2, 0.25) is 0 Å². The number of aryl methyl sites for hydroxylation is 1. The monoisotopic (exact) mass is 218 g/mol. The molecule has 1 aliphatic rings. The lowest BCUT2D eigenvalue weighted by Crippen LogP contribution is -2.42. The highest BCUT2D eigenvalue weighted by molar-refractivity contribution is 5.06. The maximum absolute atomic E-state index is 9.18. The Morgan fingerprint density at radius 2 is 2.44 bits per heavy atom. The summed E-state index contributed by atoms with van der Waals surface area (Å²) in [5.74, 6) is 0. The first-order chi connectivity index (χ1) is 7.72. The van der Waals surface area contributed by atoms with Crippen LogP contribution in [-0.2, 0) is 6.54 Å². The van der Waals surface area contributed by atoms with Crippen LogP contribution >= 0.6 is 0 Å². The maximum atomic E-state index is 9.18. The minimum atomic E-state index is -0.367. The van der Waals surface area contributed by atoms with Gasteiger partial charge in [-0.2, -0.15) is 10.4 Å². The molecule has 86 valence electrons. The maximum Gasteiger partial charge on any atom is 0.104 e. The predicted octanol–water partition coefficient (Wildman–Crippen LogP) is 1.70. The van der Waals surface area contributed by atoms with E-state index in [1.54, 1.807) is 6.20 Å². The summed E-state index contributed by atoms with van der Waals surface area (Å²) in [4.78, 5) is 0. The standard InChI is InChI=1S/C12H18N4/c1-12(10-13,15-11-4-5-11)6-2-8-16-9-3-7-14-16/h3,7,9,11,15H,2,4-6,8H2,1H3. The predicted molar refractivity (Wildman–Crippen MR) is 61.6 cm³/mol. The molecular weight excluding hydrogens is 200 g/mol. The second-order valence-corrected chi connectivity index (χ2v) is 4.74. The van der Waals surface area contributed by atoms with Crippen molar-refractivity contribution in [1.82, 2.24) is 15.1 Å². The number of hydrogen-bond acceptors (Lipinski definition) is 3. The molecule has 4 heteroatoms. The highest BCUT2D eigenvalue weighted by Gasteiger charge is 2.31. The van der Waals surface area contributed by atoms with E-state index in [0.29, 0.717) is 6.04 Å². The summed E-state index contributed by atoms with van der Waals surface area (Å²) >= 11 is 0. The average molecular weight is 218 g/mol. The second-order valence-electron chi connectivity index (χ2n) is 4.74. The van der Waals surface area contributed by atoms with Crippen LogP contribution in [-0.4, -0.2) is 21.4 Å². The molecule has 0 amide bonds. The Morgan fingerprint density at radius 1 is 1.62 bits per heavy atom. The molecule has 0 saturated heterocycles. The van der Waals surface area contributed by atoms with Crippen LogP contribution in [0.25, 0.3) is 0 Å². The van der Waals surface area contributed by atoms with E-state index >= 15 is 0 Å². The molecule has 16 heavy (non-hydrogen) atoms. The third-order valence-electron chi connectivity index (χ3n) is 2.97. The van der Waals surface area contributed by atoms with Gasteiger partial charge >= 0.3 is 0 Å². The van der Waals surface area contributed by atoms with E-state index in [0.717, 1.165) is 19.4 Å². The quantitative estimate of drug-likeness (QED) is 0.790. The summed E-state index contributed by atoms with van der Waals surface area (Å²) in [6.45, 7) is 2.88. The van der Waals surface area contributed by atoms with E-state index in [4.69, 9.17) is 0 Å². The molecule has 1 unspecified atom stereocenters. The van der Waals surface area contributed by atoms with Crippen molar-refractivity contribution in [3.05, 3.63) is 18.5 Å². The summed E-state index contributed by atoms with van der Waals surface area (Å²) in [6.07, 6.45) is 8.03. The molecule has 1 aromatic heterocycles. The largest absolute Gasteiger partial charge is 0.297 e. The lowest BCUT2D eigenvalue weighted by atomic mass is 9.97. The number of rotatable bonds is 6. The van der Waals surface area contributed by atoms with Gasteiger partial charge < -0.3 is 0 Å². The summed E-state index contributed by atoms with van der Waals surface area (Å²) in [7, 11) is 0. The highest BCUT2D eigenvalue weighted by atomic mass is 15.3. The van der Waals surface area contributed by atoms with E-state index in [9.17, 15) is 5.26 Å². The summed E-state index contributed by atoms with van der Waals surface area (Å²) in [5.41, 5.74) is -0.367. The van der Waals surface area contributed by atoms with E-state index in [2.05, 4.69) is 16.5 Å². The van der Waals surface area contributed by atoms with Gasteiger partial charge in [0.15, 0.2) is 0 Å². The van der Waals surface area contributed by atoms with Crippen LogP contribution in [0.15, 0.2) is 18.5 Å².